The summed E-state index contributed by atoms with van der Waals surface area (Å²) in [4.78, 5) is 12.3. The molecule has 22 heavy (non-hydrogen) atoms. The number of hydrogen-bond acceptors (Lipinski definition) is 2. The lowest BCUT2D eigenvalue weighted by atomic mass is 9.85. The number of fused-ring (bicyclic) bond motifs is 1. The van der Waals surface area contributed by atoms with Gasteiger partial charge in [0.05, 0.1) is 6.42 Å². The highest BCUT2D eigenvalue weighted by Gasteiger charge is 2.25. The van der Waals surface area contributed by atoms with Gasteiger partial charge >= 0.3 is 0 Å². The Kier molecular flexibility index (Phi) is 4.74. The summed E-state index contributed by atoms with van der Waals surface area (Å²) in [6.07, 6.45) is 4.69. The zero-order valence-electron chi connectivity index (χ0n) is 12.8. The van der Waals surface area contributed by atoms with Crippen LogP contribution in [0.15, 0.2) is 42.5 Å². The Morgan fingerprint density at radius 2 is 1.86 bits per heavy atom. The molecule has 3 nitrogen and oxygen atoms in total. The lowest BCUT2D eigenvalue weighted by Gasteiger charge is -2.30. The van der Waals surface area contributed by atoms with E-state index in [0.29, 0.717) is 6.42 Å². The standard InChI is InChI=1S/C19H23NO2/c21-13-17-7-3-4-8-18(17)20-19(22)12-14-9-10-15-5-1-2-6-16(15)11-14/h1-2,5-6,9-11,17-18,21H,3-4,7-8,12-13H2,(H,20,22). The van der Waals surface area contributed by atoms with Gasteiger partial charge in [-0.05, 0) is 29.2 Å². The highest BCUT2D eigenvalue weighted by molar-refractivity contribution is 5.85. The maximum Gasteiger partial charge on any atom is 0.224 e. The van der Waals surface area contributed by atoms with Crippen LogP contribution in [0.5, 0.6) is 0 Å². The largest absolute Gasteiger partial charge is 0.396 e. The van der Waals surface area contributed by atoms with Gasteiger partial charge in [-0.25, -0.2) is 0 Å². The molecule has 1 fully saturated rings. The second kappa shape index (κ2) is 6.93. The normalized spacial score (nSPS) is 21.7. The van der Waals surface area contributed by atoms with Crippen LogP contribution in [0.3, 0.4) is 0 Å². The van der Waals surface area contributed by atoms with E-state index in [1.54, 1.807) is 0 Å². The molecule has 0 spiro atoms. The van der Waals surface area contributed by atoms with Crippen LogP contribution in [-0.2, 0) is 11.2 Å². The molecule has 1 saturated carbocycles. The minimum atomic E-state index is 0.0561. The molecule has 0 radical (unpaired) electrons. The van der Waals surface area contributed by atoms with E-state index < -0.39 is 0 Å². The molecule has 3 rings (SSSR count). The summed E-state index contributed by atoms with van der Waals surface area (Å²) < 4.78 is 0. The van der Waals surface area contributed by atoms with Gasteiger partial charge in [0.15, 0.2) is 0 Å². The summed E-state index contributed by atoms with van der Waals surface area (Å²) in [5.74, 6) is 0.273. The van der Waals surface area contributed by atoms with E-state index >= 15 is 0 Å². The Morgan fingerprint density at radius 1 is 1.09 bits per heavy atom. The van der Waals surface area contributed by atoms with E-state index in [0.717, 1.165) is 31.2 Å². The van der Waals surface area contributed by atoms with Gasteiger partial charge in [0.2, 0.25) is 5.91 Å². The third-order valence-corrected chi connectivity index (χ3v) is 4.67. The lowest BCUT2D eigenvalue weighted by Crippen LogP contribution is -2.44. The van der Waals surface area contributed by atoms with Crippen molar-refractivity contribution in [1.29, 1.82) is 0 Å². The summed E-state index contributed by atoms with van der Waals surface area (Å²) in [5, 5.41) is 14.9. The Hall–Kier alpha value is -1.87. The van der Waals surface area contributed by atoms with Gasteiger partial charge in [0, 0.05) is 18.6 Å². The molecule has 2 aromatic rings. The van der Waals surface area contributed by atoms with E-state index in [9.17, 15) is 9.90 Å². The summed E-state index contributed by atoms with van der Waals surface area (Å²) in [6, 6.07) is 14.5. The second-order valence-electron chi connectivity index (χ2n) is 6.26. The van der Waals surface area contributed by atoms with Gasteiger partial charge in [-0.15, -0.1) is 0 Å². The van der Waals surface area contributed by atoms with Crippen molar-refractivity contribution < 1.29 is 9.90 Å². The van der Waals surface area contributed by atoms with Gasteiger partial charge in [0.1, 0.15) is 0 Å². The summed E-state index contributed by atoms with van der Waals surface area (Å²) in [5.41, 5.74) is 1.03. The smallest absolute Gasteiger partial charge is 0.224 e. The number of rotatable bonds is 4. The van der Waals surface area contributed by atoms with Crippen molar-refractivity contribution in [1.82, 2.24) is 5.32 Å². The molecule has 1 aliphatic carbocycles. The van der Waals surface area contributed by atoms with E-state index in [1.807, 2.05) is 18.2 Å². The minimum absolute atomic E-state index is 0.0561. The van der Waals surface area contributed by atoms with Crippen molar-refractivity contribution in [3.63, 3.8) is 0 Å². The third kappa shape index (κ3) is 3.47. The number of aliphatic hydroxyl groups is 1. The number of nitrogens with one attached hydrogen (secondary N) is 1. The molecule has 2 unspecified atom stereocenters. The van der Waals surface area contributed by atoms with Gasteiger partial charge in [0.25, 0.3) is 0 Å². The maximum absolute atomic E-state index is 12.3. The number of aliphatic hydroxyl groups excluding tert-OH is 1. The quantitative estimate of drug-likeness (QED) is 0.911. The molecule has 1 amide bonds. The maximum atomic E-state index is 12.3. The first-order chi connectivity index (χ1) is 10.8. The summed E-state index contributed by atoms with van der Waals surface area (Å²) >= 11 is 0. The number of hydrogen-bond donors (Lipinski definition) is 2. The lowest BCUT2D eigenvalue weighted by molar-refractivity contribution is -0.121. The van der Waals surface area contributed by atoms with Crippen molar-refractivity contribution in [2.24, 2.45) is 5.92 Å². The van der Waals surface area contributed by atoms with Crippen molar-refractivity contribution in [3.8, 4) is 0 Å². The Morgan fingerprint density at radius 3 is 2.68 bits per heavy atom. The molecule has 2 atom stereocenters. The molecule has 0 saturated heterocycles. The molecule has 2 aromatic carbocycles. The first kappa shape index (κ1) is 15.0. The third-order valence-electron chi connectivity index (χ3n) is 4.67. The monoisotopic (exact) mass is 297 g/mol. The van der Waals surface area contributed by atoms with Crippen LogP contribution >= 0.6 is 0 Å². The molecular weight excluding hydrogens is 274 g/mol. The average molecular weight is 297 g/mol. The molecule has 0 bridgehead atoms. The first-order valence-corrected chi connectivity index (χ1v) is 8.14. The van der Waals surface area contributed by atoms with E-state index in [4.69, 9.17) is 0 Å². The van der Waals surface area contributed by atoms with Crippen molar-refractivity contribution >= 4 is 16.7 Å². The fourth-order valence-electron chi connectivity index (χ4n) is 3.41. The minimum Gasteiger partial charge on any atom is -0.396 e. The molecule has 3 heteroatoms. The summed E-state index contributed by atoms with van der Waals surface area (Å²) in [6.45, 7) is 0.168. The zero-order valence-corrected chi connectivity index (χ0v) is 12.8. The van der Waals surface area contributed by atoms with E-state index in [1.165, 1.54) is 10.8 Å². The molecule has 2 N–H and O–H groups in total. The molecule has 0 aromatic heterocycles. The van der Waals surface area contributed by atoms with Crippen LogP contribution in [0.1, 0.15) is 31.2 Å². The van der Waals surface area contributed by atoms with Crippen LogP contribution in [0.25, 0.3) is 10.8 Å². The van der Waals surface area contributed by atoms with Crippen molar-refractivity contribution in [2.45, 2.75) is 38.1 Å². The number of amides is 1. The van der Waals surface area contributed by atoms with Crippen LogP contribution < -0.4 is 5.32 Å². The first-order valence-electron chi connectivity index (χ1n) is 8.14. The molecule has 1 aliphatic rings. The number of benzene rings is 2. The van der Waals surface area contributed by atoms with E-state index in [2.05, 4.69) is 29.6 Å². The summed E-state index contributed by atoms with van der Waals surface area (Å²) in [7, 11) is 0. The van der Waals surface area contributed by atoms with Crippen LogP contribution in [0, 0.1) is 5.92 Å². The van der Waals surface area contributed by atoms with Gasteiger partial charge < -0.3 is 10.4 Å². The topological polar surface area (TPSA) is 49.3 Å². The fourth-order valence-corrected chi connectivity index (χ4v) is 3.41. The predicted octanol–water partition coefficient (Wildman–Crippen LogP) is 3.05. The van der Waals surface area contributed by atoms with Crippen LogP contribution in [0.4, 0.5) is 0 Å². The van der Waals surface area contributed by atoms with Crippen LogP contribution in [0.2, 0.25) is 0 Å². The van der Waals surface area contributed by atoms with Crippen molar-refractivity contribution in [3.05, 3.63) is 48.0 Å². The highest BCUT2D eigenvalue weighted by atomic mass is 16.3. The SMILES string of the molecule is O=C(Cc1ccc2ccccc2c1)NC1CCCCC1CO. The van der Waals surface area contributed by atoms with Crippen LogP contribution in [-0.4, -0.2) is 23.7 Å². The van der Waals surface area contributed by atoms with Gasteiger partial charge in [-0.3, -0.25) is 4.79 Å². The Bertz CT molecular complexity index is 653. The van der Waals surface area contributed by atoms with Gasteiger partial charge in [-0.2, -0.15) is 0 Å². The zero-order chi connectivity index (χ0) is 15.4. The highest BCUT2D eigenvalue weighted by Crippen LogP contribution is 2.24. The fraction of sp³-hybridized carbons (Fsp3) is 0.421. The molecule has 116 valence electrons. The number of carbonyl (C=O) groups is 1. The second-order valence-corrected chi connectivity index (χ2v) is 6.26. The number of carbonyl (C=O) groups excluding carboxylic acids is 1. The average Bonchev–Trinajstić information content (AvgIpc) is 2.55. The Balaban J connectivity index is 1.65. The van der Waals surface area contributed by atoms with Crippen molar-refractivity contribution in [2.75, 3.05) is 6.61 Å². The molecular formula is C19H23NO2. The Labute approximate surface area is 131 Å². The molecule has 0 heterocycles. The van der Waals surface area contributed by atoms with Gasteiger partial charge in [-0.1, -0.05) is 55.3 Å². The van der Waals surface area contributed by atoms with E-state index in [-0.39, 0.29) is 24.5 Å². The molecule has 0 aliphatic heterocycles. The predicted molar refractivity (Wildman–Crippen MR) is 88.6 cm³/mol.